The van der Waals surface area contributed by atoms with Gasteiger partial charge in [-0.15, -0.1) is 0 Å². The fraction of sp³-hybridized carbons (Fsp3) is 0.417. The summed E-state index contributed by atoms with van der Waals surface area (Å²) in [6.07, 6.45) is -5.99. The van der Waals surface area contributed by atoms with Crippen LogP contribution in [0.5, 0.6) is 0 Å². The van der Waals surface area contributed by atoms with Crippen molar-refractivity contribution in [1.29, 1.82) is 0 Å². The summed E-state index contributed by atoms with van der Waals surface area (Å²) < 4.78 is 37.3. The third-order valence-corrected chi connectivity index (χ3v) is 3.28. The highest BCUT2D eigenvalue weighted by Gasteiger charge is 2.43. The van der Waals surface area contributed by atoms with E-state index in [1.54, 1.807) is 0 Å². The normalized spacial score (nSPS) is 19.4. The van der Waals surface area contributed by atoms with E-state index >= 15 is 0 Å². The van der Waals surface area contributed by atoms with Crippen LogP contribution in [-0.2, 0) is 11.2 Å². The zero-order valence-electron chi connectivity index (χ0n) is 10.4. The number of fused-ring (bicyclic) bond motifs is 1. The molecule has 1 heterocycles. The first-order valence-corrected chi connectivity index (χ1v) is 5.92. The van der Waals surface area contributed by atoms with Crippen LogP contribution in [0, 0.1) is 0 Å². The van der Waals surface area contributed by atoms with Crippen molar-refractivity contribution in [1.82, 2.24) is 4.90 Å². The van der Waals surface area contributed by atoms with Crippen molar-refractivity contribution in [3.8, 4) is 0 Å². The van der Waals surface area contributed by atoms with Gasteiger partial charge < -0.3 is 21.5 Å². The molecule has 1 aliphatic heterocycles. The van der Waals surface area contributed by atoms with Gasteiger partial charge in [0.1, 0.15) is 0 Å². The zero-order valence-corrected chi connectivity index (χ0v) is 10.4. The van der Waals surface area contributed by atoms with Crippen molar-refractivity contribution in [3.05, 3.63) is 23.3 Å². The number of anilines is 2. The molecular weight excluding hydrogens is 275 g/mol. The highest BCUT2D eigenvalue weighted by Crippen LogP contribution is 2.30. The Morgan fingerprint density at radius 2 is 1.90 bits per heavy atom. The van der Waals surface area contributed by atoms with E-state index in [2.05, 4.69) is 0 Å². The van der Waals surface area contributed by atoms with Gasteiger partial charge in [0.05, 0.1) is 24.0 Å². The number of rotatable bonds is 0. The van der Waals surface area contributed by atoms with Crippen LogP contribution in [0.25, 0.3) is 0 Å². The maximum absolute atomic E-state index is 12.4. The lowest BCUT2D eigenvalue weighted by Crippen LogP contribution is -2.43. The minimum Gasteiger partial charge on any atom is -0.397 e. The van der Waals surface area contributed by atoms with Gasteiger partial charge in [0.25, 0.3) is 0 Å². The highest BCUT2D eigenvalue weighted by atomic mass is 19.4. The molecule has 110 valence electrons. The first kappa shape index (κ1) is 14.4. The molecule has 0 aliphatic carbocycles. The van der Waals surface area contributed by atoms with Crippen LogP contribution in [0.15, 0.2) is 12.1 Å². The lowest BCUT2D eigenvalue weighted by Gasteiger charge is -2.23. The number of halogens is 3. The Balaban J connectivity index is 2.30. The number of aliphatic hydroxyl groups is 1. The quantitative estimate of drug-likeness (QED) is 0.617. The van der Waals surface area contributed by atoms with Gasteiger partial charge in [-0.3, -0.25) is 4.79 Å². The molecule has 0 bridgehead atoms. The number of alkyl halides is 3. The Morgan fingerprint density at radius 3 is 2.50 bits per heavy atom. The Bertz CT molecular complexity index is 545. The summed E-state index contributed by atoms with van der Waals surface area (Å²) in [7, 11) is 0. The molecule has 0 fully saturated rings. The Hall–Kier alpha value is -1.96. The van der Waals surface area contributed by atoms with E-state index in [0.29, 0.717) is 21.7 Å². The molecular formula is C12H14F3N3O2. The van der Waals surface area contributed by atoms with E-state index in [1.165, 1.54) is 12.1 Å². The lowest BCUT2D eigenvalue weighted by molar-refractivity contribution is -0.186. The molecule has 1 aromatic carbocycles. The van der Waals surface area contributed by atoms with Gasteiger partial charge in [0.2, 0.25) is 0 Å². The molecule has 1 unspecified atom stereocenters. The molecule has 5 nitrogen and oxygen atoms in total. The zero-order chi connectivity index (χ0) is 15.1. The van der Waals surface area contributed by atoms with Gasteiger partial charge in [-0.1, -0.05) is 0 Å². The number of nitrogens with two attached hydrogens (primary N) is 2. The summed E-state index contributed by atoms with van der Waals surface area (Å²) in [4.78, 5) is 11.8. The van der Waals surface area contributed by atoms with Crippen LogP contribution in [0.4, 0.5) is 24.5 Å². The van der Waals surface area contributed by atoms with E-state index in [0.717, 1.165) is 0 Å². The number of nitrogens with zero attached hydrogens (tertiary/aromatic N) is 1. The van der Waals surface area contributed by atoms with Crippen LogP contribution in [0.2, 0.25) is 0 Å². The number of aliphatic hydroxyl groups excluding tert-OH is 1. The number of carbonyl (C=O) groups is 1. The van der Waals surface area contributed by atoms with Crippen LogP contribution in [0.1, 0.15) is 17.2 Å². The van der Waals surface area contributed by atoms with Gasteiger partial charge in [-0.25, -0.2) is 0 Å². The van der Waals surface area contributed by atoms with E-state index in [9.17, 15) is 23.1 Å². The third-order valence-electron chi connectivity index (χ3n) is 3.28. The topological polar surface area (TPSA) is 92.6 Å². The van der Waals surface area contributed by atoms with Crippen LogP contribution in [0.3, 0.4) is 0 Å². The molecule has 0 saturated heterocycles. The Morgan fingerprint density at radius 1 is 1.30 bits per heavy atom. The largest absolute Gasteiger partial charge is 0.471 e. The fourth-order valence-corrected chi connectivity index (χ4v) is 2.24. The highest BCUT2D eigenvalue weighted by molar-refractivity contribution is 5.82. The van der Waals surface area contributed by atoms with E-state index in [-0.39, 0.29) is 18.7 Å². The number of hydrogen-bond donors (Lipinski definition) is 3. The van der Waals surface area contributed by atoms with Gasteiger partial charge >= 0.3 is 12.1 Å². The number of benzene rings is 1. The second-order valence-corrected chi connectivity index (χ2v) is 4.69. The molecule has 2 rings (SSSR count). The molecule has 1 aliphatic rings. The first-order chi connectivity index (χ1) is 9.20. The molecule has 0 aromatic heterocycles. The molecule has 1 aromatic rings. The van der Waals surface area contributed by atoms with Crippen molar-refractivity contribution >= 4 is 17.3 Å². The number of nitrogen functional groups attached to an aromatic ring is 2. The molecule has 0 saturated carbocycles. The average molecular weight is 289 g/mol. The standard InChI is InChI=1S/C12H14F3N3O2/c13-12(14,15)11(20)18-2-1-6-3-8(16)9(17)4-7(6)10(19)5-18/h3-4,10,19H,1-2,5,16-17H2. The minimum atomic E-state index is -4.95. The Labute approximate surface area is 113 Å². The average Bonchev–Trinajstić information content (AvgIpc) is 2.49. The van der Waals surface area contributed by atoms with E-state index in [4.69, 9.17) is 11.5 Å². The first-order valence-electron chi connectivity index (χ1n) is 5.92. The molecule has 0 spiro atoms. The Kier molecular flexibility index (Phi) is 3.51. The van der Waals surface area contributed by atoms with Crippen LogP contribution in [-0.4, -0.2) is 35.2 Å². The number of amides is 1. The van der Waals surface area contributed by atoms with Crippen molar-refractivity contribution in [2.75, 3.05) is 24.6 Å². The van der Waals surface area contributed by atoms with E-state index in [1.807, 2.05) is 0 Å². The van der Waals surface area contributed by atoms with Gasteiger partial charge in [0.15, 0.2) is 0 Å². The second kappa shape index (κ2) is 4.86. The predicted octanol–water partition coefficient (Wildman–Crippen LogP) is 0.831. The predicted molar refractivity (Wildman–Crippen MR) is 66.6 cm³/mol. The lowest BCUT2D eigenvalue weighted by atomic mass is 9.99. The minimum absolute atomic E-state index is 0.133. The van der Waals surface area contributed by atoms with Gasteiger partial charge in [-0.2, -0.15) is 13.2 Å². The molecule has 1 atom stereocenters. The summed E-state index contributed by atoms with van der Waals surface area (Å²) >= 11 is 0. The maximum Gasteiger partial charge on any atom is 0.471 e. The SMILES string of the molecule is Nc1cc2c(cc1N)C(O)CN(C(=O)C(F)(F)F)CC2. The summed E-state index contributed by atoms with van der Waals surface area (Å²) in [5, 5.41) is 9.98. The maximum atomic E-state index is 12.4. The second-order valence-electron chi connectivity index (χ2n) is 4.69. The number of hydrogen-bond acceptors (Lipinski definition) is 4. The molecule has 8 heteroatoms. The van der Waals surface area contributed by atoms with Crippen LogP contribution >= 0.6 is 0 Å². The van der Waals surface area contributed by atoms with Crippen molar-refractivity contribution < 1.29 is 23.1 Å². The monoisotopic (exact) mass is 289 g/mol. The van der Waals surface area contributed by atoms with Crippen LogP contribution < -0.4 is 11.5 Å². The van der Waals surface area contributed by atoms with E-state index < -0.39 is 24.7 Å². The smallest absolute Gasteiger partial charge is 0.397 e. The van der Waals surface area contributed by atoms with Crippen molar-refractivity contribution in [2.45, 2.75) is 18.7 Å². The summed E-state index contributed by atoms with van der Waals surface area (Å²) in [5.41, 5.74) is 12.8. The van der Waals surface area contributed by atoms with Gasteiger partial charge in [-0.05, 0) is 29.7 Å². The van der Waals surface area contributed by atoms with Gasteiger partial charge in [0, 0.05) is 6.54 Å². The molecule has 5 N–H and O–H groups in total. The van der Waals surface area contributed by atoms with Crippen molar-refractivity contribution in [2.24, 2.45) is 0 Å². The number of carbonyl (C=O) groups excluding carboxylic acids is 1. The third kappa shape index (κ3) is 2.64. The molecule has 0 radical (unpaired) electrons. The summed E-state index contributed by atoms with van der Waals surface area (Å²) in [6, 6.07) is 2.96. The summed E-state index contributed by atoms with van der Waals surface area (Å²) in [5.74, 6) is -1.95. The fourth-order valence-electron chi connectivity index (χ4n) is 2.24. The molecule has 20 heavy (non-hydrogen) atoms. The summed E-state index contributed by atoms with van der Waals surface area (Å²) in [6.45, 7) is -0.555. The number of β-amino-alcohol motifs (C(OH)–C–C–N with tert-alkyl or cyclic N) is 1. The van der Waals surface area contributed by atoms with Crippen molar-refractivity contribution in [3.63, 3.8) is 0 Å². The molecule has 1 amide bonds.